The fraction of sp³-hybridized carbons (Fsp3) is 0.310. The monoisotopic (exact) mass is 399 g/mol. The largest absolute Gasteiger partial charge is 0.347 e. The first kappa shape index (κ1) is 23.5. The highest BCUT2D eigenvalue weighted by Crippen LogP contribution is 2.35. The van der Waals surface area contributed by atoms with Crippen molar-refractivity contribution in [2.24, 2.45) is 0 Å². The quantitative estimate of drug-likeness (QED) is 0.371. The minimum absolute atomic E-state index is 0.789. The molecule has 1 heteroatoms. The molecule has 2 rings (SSSR count). The van der Waals surface area contributed by atoms with Gasteiger partial charge in [0.05, 0.1) is 0 Å². The van der Waals surface area contributed by atoms with Gasteiger partial charge in [0, 0.05) is 18.4 Å². The Morgan fingerprint density at radius 2 is 1.87 bits per heavy atom. The van der Waals surface area contributed by atoms with Crippen LogP contribution in [0.4, 0.5) is 0 Å². The van der Waals surface area contributed by atoms with Crippen molar-refractivity contribution in [1.82, 2.24) is 4.90 Å². The Morgan fingerprint density at radius 3 is 2.57 bits per heavy atom. The van der Waals surface area contributed by atoms with Gasteiger partial charge in [-0.25, -0.2) is 0 Å². The standard InChI is InChI=1S/C29H37N/c1-7-10-11-12-16-21-30-22-20-28(24(5)23(4)27(9-3)25(30)6)29-19-15-13-14-18-26(29)17-8-2/h7,9-12,15-16,19-20,22H,1,3-4,8,13-14,17-18,21H2,2,5-6H3/b11-10-,16-12-,22-20-,27-25?,28-24+. The summed E-state index contributed by atoms with van der Waals surface area (Å²) in [7, 11) is 0. The Balaban J connectivity index is 2.55. The van der Waals surface area contributed by atoms with Gasteiger partial charge >= 0.3 is 0 Å². The van der Waals surface area contributed by atoms with E-state index in [0.29, 0.717) is 0 Å². The molecule has 0 aromatic heterocycles. The smallest absolute Gasteiger partial charge is 0.0406 e. The number of rotatable bonds is 8. The van der Waals surface area contributed by atoms with Crippen molar-refractivity contribution in [1.29, 1.82) is 0 Å². The van der Waals surface area contributed by atoms with Crippen LogP contribution in [0.5, 0.6) is 0 Å². The summed E-state index contributed by atoms with van der Waals surface area (Å²) in [5.41, 5.74) is 8.81. The van der Waals surface area contributed by atoms with E-state index >= 15 is 0 Å². The molecule has 1 heterocycles. The first-order chi connectivity index (χ1) is 14.5. The van der Waals surface area contributed by atoms with Crippen LogP contribution in [0.1, 0.15) is 52.9 Å². The first-order valence-corrected chi connectivity index (χ1v) is 11.1. The lowest BCUT2D eigenvalue weighted by Crippen LogP contribution is -2.18. The Bertz CT molecular complexity index is 873. The molecular weight excluding hydrogens is 362 g/mol. The lowest BCUT2D eigenvalue weighted by atomic mass is 9.87. The van der Waals surface area contributed by atoms with E-state index in [1.807, 2.05) is 18.2 Å². The lowest BCUT2D eigenvalue weighted by Gasteiger charge is -2.27. The molecule has 0 fully saturated rings. The van der Waals surface area contributed by atoms with Gasteiger partial charge in [0.2, 0.25) is 0 Å². The zero-order valence-electron chi connectivity index (χ0n) is 19.1. The summed E-state index contributed by atoms with van der Waals surface area (Å²) in [5, 5.41) is 0. The molecular formula is C29H37N. The Labute approximate surface area is 184 Å². The average Bonchev–Trinajstić information content (AvgIpc) is 2.97. The average molecular weight is 400 g/mol. The summed E-state index contributed by atoms with van der Waals surface area (Å²) in [6, 6.07) is 0. The third kappa shape index (κ3) is 5.86. The second kappa shape index (κ2) is 12.0. The molecule has 2 aliphatic rings. The predicted molar refractivity (Wildman–Crippen MR) is 134 cm³/mol. The van der Waals surface area contributed by atoms with Gasteiger partial charge in [0.15, 0.2) is 0 Å². The lowest BCUT2D eigenvalue weighted by molar-refractivity contribution is 0.513. The maximum atomic E-state index is 4.46. The third-order valence-electron chi connectivity index (χ3n) is 5.78. The summed E-state index contributed by atoms with van der Waals surface area (Å²) < 4.78 is 0. The van der Waals surface area contributed by atoms with Crippen LogP contribution in [0.3, 0.4) is 0 Å². The van der Waals surface area contributed by atoms with Gasteiger partial charge in [-0.1, -0.05) is 87.3 Å². The van der Waals surface area contributed by atoms with E-state index in [2.05, 4.69) is 82.0 Å². The zero-order valence-corrected chi connectivity index (χ0v) is 19.1. The molecule has 0 N–H and O–H groups in total. The maximum Gasteiger partial charge on any atom is 0.0406 e. The van der Waals surface area contributed by atoms with Crippen LogP contribution in [0.2, 0.25) is 0 Å². The molecule has 0 saturated carbocycles. The van der Waals surface area contributed by atoms with E-state index in [-0.39, 0.29) is 0 Å². The van der Waals surface area contributed by atoms with E-state index in [1.54, 1.807) is 11.6 Å². The fourth-order valence-corrected chi connectivity index (χ4v) is 4.02. The van der Waals surface area contributed by atoms with Crippen LogP contribution >= 0.6 is 0 Å². The summed E-state index contributed by atoms with van der Waals surface area (Å²) in [6.07, 6.45) is 26.9. The van der Waals surface area contributed by atoms with Gasteiger partial charge in [0.1, 0.15) is 0 Å². The molecule has 0 radical (unpaired) electrons. The molecule has 0 unspecified atom stereocenters. The molecule has 30 heavy (non-hydrogen) atoms. The molecule has 0 bridgehead atoms. The van der Waals surface area contributed by atoms with Crippen molar-refractivity contribution < 1.29 is 0 Å². The minimum atomic E-state index is 0.789. The highest BCUT2D eigenvalue weighted by molar-refractivity contribution is 5.62. The molecule has 0 atom stereocenters. The van der Waals surface area contributed by atoms with Crippen molar-refractivity contribution in [3.05, 3.63) is 120 Å². The maximum absolute atomic E-state index is 4.46. The molecule has 0 aromatic rings. The second-order valence-electron chi connectivity index (χ2n) is 7.80. The fourth-order valence-electron chi connectivity index (χ4n) is 4.02. The van der Waals surface area contributed by atoms with Crippen LogP contribution in [0.25, 0.3) is 0 Å². The van der Waals surface area contributed by atoms with E-state index in [9.17, 15) is 0 Å². The molecule has 158 valence electrons. The highest BCUT2D eigenvalue weighted by atomic mass is 15.1. The van der Waals surface area contributed by atoms with E-state index in [0.717, 1.165) is 30.5 Å². The SMILES string of the molecule is C=C/C=C\C=C/CN1/C=C\C(C2=C(CCC)CCCC=C2)=C(\C)C(=C)C(C=C)=C1C. The highest BCUT2D eigenvalue weighted by Gasteiger charge is 2.18. The van der Waals surface area contributed by atoms with E-state index in [4.69, 9.17) is 0 Å². The topological polar surface area (TPSA) is 3.24 Å². The van der Waals surface area contributed by atoms with Crippen molar-refractivity contribution in [2.75, 3.05) is 6.54 Å². The Hall–Kier alpha value is -2.80. The molecule has 0 saturated heterocycles. The normalized spacial score (nSPS) is 22.0. The van der Waals surface area contributed by atoms with Gasteiger partial charge in [-0.05, 0) is 73.5 Å². The van der Waals surface area contributed by atoms with Gasteiger partial charge in [0.25, 0.3) is 0 Å². The van der Waals surface area contributed by atoms with E-state index < -0.39 is 0 Å². The van der Waals surface area contributed by atoms with Crippen LogP contribution < -0.4 is 0 Å². The summed E-state index contributed by atoms with van der Waals surface area (Å²) in [5.74, 6) is 0. The number of nitrogens with zero attached hydrogens (tertiary/aromatic N) is 1. The van der Waals surface area contributed by atoms with Crippen molar-refractivity contribution in [2.45, 2.75) is 52.9 Å². The van der Waals surface area contributed by atoms with E-state index in [1.165, 1.54) is 41.7 Å². The van der Waals surface area contributed by atoms with Gasteiger partial charge in [-0.15, -0.1) is 0 Å². The molecule has 1 aliphatic heterocycles. The summed E-state index contributed by atoms with van der Waals surface area (Å²) >= 11 is 0. The van der Waals surface area contributed by atoms with Crippen molar-refractivity contribution >= 4 is 0 Å². The molecule has 1 nitrogen and oxygen atoms in total. The van der Waals surface area contributed by atoms with Crippen LogP contribution in [-0.4, -0.2) is 11.4 Å². The van der Waals surface area contributed by atoms with Gasteiger partial charge in [-0.2, -0.15) is 0 Å². The summed E-state index contributed by atoms with van der Waals surface area (Å²) in [4.78, 5) is 2.27. The minimum Gasteiger partial charge on any atom is -0.347 e. The van der Waals surface area contributed by atoms with Crippen LogP contribution in [-0.2, 0) is 0 Å². The van der Waals surface area contributed by atoms with Crippen molar-refractivity contribution in [3.8, 4) is 0 Å². The number of allylic oxidation sites excluding steroid dienone is 15. The Morgan fingerprint density at radius 1 is 1.07 bits per heavy atom. The predicted octanol–water partition coefficient (Wildman–Crippen LogP) is 8.28. The number of hydrogen-bond acceptors (Lipinski definition) is 1. The first-order valence-electron chi connectivity index (χ1n) is 11.1. The van der Waals surface area contributed by atoms with Gasteiger partial charge < -0.3 is 4.90 Å². The molecule has 0 aromatic carbocycles. The van der Waals surface area contributed by atoms with Crippen molar-refractivity contribution in [3.63, 3.8) is 0 Å². The Kier molecular flexibility index (Phi) is 9.41. The van der Waals surface area contributed by atoms with Crippen LogP contribution in [0, 0.1) is 0 Å². The third-order valence-corrected chi connectivity index (χ3v) is 5.78. The molecule has 0 amide bonds. The zero-order chi connectivity index (χ0) is 21.9. The number of hydrogen-bond donors (Lipinski definition) is 0. The van der Waals surface area contributed by atoms with Crippen LogP contribution in [0.15, 0.2) is 120 Å². The van der Waals surface area contributed by atoms with Gasteiger partial charge in [-0.3, -0.25) is 0 Å². The summed E-state index contributed by atoms with van der Waals surface area (Å²) in [6.45, 7) is 19.7. The molecule has 1 aliphatic carbocycles. The molecule has 0 spiro atoms. The second-order valence-corrected chi connectivity index (χ2v) is 7.80.